The highest BCUT2D eigenvalue weighted by Crippen LogP contribution is 2.38. The van der Waals surface area contributed by atoms with Gasteiger partial charge in [-0.25, -0.2) is 0 Å². The SMILES string of the molecule is CC12CCCC(C)(CC(=NO)C1)N2. The highest BCUT2D eigenvalue weighted by atomic mass is 16.4. The smallest absolute Gasteiger partial charge is 0.0607 e. The third-order valence-corrected chi connectivity index (χ3v) is 3.39. The monoisotopic (exact) mass is 182 g/mol. The van der Waals surface area contributed by atoms with E-state index in [-0.39, 0.29) is 11.1 Å². The number of oxime groups is 1. The summed E-state index contributed by atoms with van der Waals surface area (Å²) >= 11 is 0. The van der Waals surface area contributed by atoms with E-state index in [4.69, 9.17) is 5.21 Å². The molecule has 2 rings (SSSR count). The highest BCUT2D eigenvalue weighted by Gasteiger charge is 2.44. The van der Waals surface area contributed by atoms with Crippen molar-refractivity contribution in [3.8, 4) is 0 Å². The van der Waals surface area contributed by atoms with Crippen LogP contribution >= 0.6 is 0 Å². The summed E-state index contributed by atoms with van der Waals surface area (Å²) in [7, 11) is 0. The number of rotatable bonds is 0. The van der Waals surface area contributed by atoms with Crippen LogP contribution in [0.3, 0.4) is 0 Å². The van der Waals surface area contributed by atoms with Crippen molar-refractivity contribution in [3.05, 3.63) is 0 Å². The Kier molecular flexibility index (Phi) is 1.88. The molecule has 74 valence electrons. The van der Waals surface area contributed by atoms with Crippen LogP contribution < -0.4 is 5.32 Å². The maximum absolute atomic E-state index is 8.84. The quantitative estimate of drug-likeness (QED) is 0.444. The van der Waals surface area contributed by atoms with Gasteiger partial charge < -0.3 is 10.5 Å². The second-order valence-corrected chi connectivity index (χ2v) is 5.12. The molecule has 2 saturated heterocycles. The lowest BCUT2D eigenvalue weighted by molar-refractivity contribution is 0.140. The fourth-order valence-corrected chi connectivity index (χ4v) is 3.02. The van der Waals surface area contributed by atoms with E-state index in [0.29, 0.717) is 0 Å². The van der Waals surface area contributed by atoms with Crippen LogP contribution in [0.25, 0.3) is 0 Å². The molecule has 0 amide bonds. The maximum atomic E-state index is 8.84. The number of nitrogens with zero attached hydrogens (tertiary/aromatic N) is 1. The molecule has 0 aromatic rings. The number of fused-ring (bicyclic) bond motifs is 2. The lowest BCUT2D eigenvalue weighted by Gasteiger charge is -2.50. The summed E-state index contributed by atoms with van der Waals surface area (Å²) in [5, 5.41) is 15.9. The molecule has 2 unspecified atom stereocenters. The van der Waals surface area contributed by atoms with Crippen molar-refractivity contribution in [1.29, 1.82) is 0 Å². The van der Waals surface area contributed by atoms with Crippen molar-refractivity contribution in [2.75, 3.05) is 0 Å². The molecule has 0 aromatic heterocycles. The highest BCUT2D eigenvalue weighted by molar-refractivity contribution is 5.87. The maximum Gasteiger partial charge on any atom is 0.0607 e. The molecule has 2 aliphatic heterocycles. The van der Waals surface area contributed by atoms with Crippen molar-refractivity contribution in [3.63, 3.8) is 0 Å². The summed E-state index contributed by atoms with van der Waals surface area (Å²) in [5.41, 5.74) is 1.31. The largest absolute Gasteiger partial charge is 0.411 e. The number of hydrogen-bond acceptors (Lipinski definition) is 3. The fourth-order valence-electron chi connectivity index (χ4n) is 3.02. The average molecular weight is 182 g/mol. The Morgan fingerprint density at radius 1 is 1.23 bits per heavy atom. The lowest BCUT2D eigenvalue weighted by Crippen LogP contribution is -2.63. The predicted octanol–water partition coefficient (Wildman–Crippen LogP) is 1.90. The Hall–Kier alpha value is -0.570. The molecule has 2 heterocycles. The zero-order valence-corrected chi connectivity index (χ0v) is 8.43. The van der Waals surface area contributed by atoms with E-state index in [2.05, 4.69) is 24.3 Å². The Labute approximate surface area is 79.2 Å². The molecule has 2 aliphatic rings. The first kappa shape index (κ1) is 9.00. The van der Waals surface area contributed by atoms with Crippen LogP contribution in [0.15, 0.2) is 5.16 Å². The topological polar surface area (TPSA) is 44.6 Å². The van der Waals surface area contributed by atoms with Crippen LogP contribution in [-0.4, -0.2) is 22.0 Å². The minimum atomic E-state index is 0.173. The minimum Gasteiger partial charge on any atom is -0.411 e. The van der Waals surface area contributed by atoms with Crippen molar-refractivity contribution in [2.24, 2.45) is 5.16 Å². The fraction of sp³-hybridized carbons (Fsp3) is 0.900. The second-order valence-electron chi connectivity index (χ2n) is 5.12. The van der Waals surface area contributed by atoms with Crippen LogP contribution in [0.2, 0.25) is 0 Å². The van der Waals surface area contributed by atoms with Crippen molar-refractivity contribution < 1.29 is 5.21 Å². The second kappa shape index (κ2) is 2.71. The van der Waals surface area contributed by atoms with Gasteiger partial charge in [0.15, 0.2) is 0 Å². The van der Waals surface area contributed by atoms with Gasteiger partial charge >= 0.3 is 0 Å². The number of nitrogens with one attached hydrogen (secondary N) is 1. The van der Waals surface area contributed by atoms with Gasteiger partial charge in [-0.1, -0.05) is 5.16 Å². The third kappa shape index (κ3) is 1.57. The molecule has 0 radical (unpaired) electrons. The van der Waals surface area contributed by atoms with Gasteiger partial charge in [-0.15, -0.1) is 0 Å². The molecule has 2 fully saturated rings. The first-order valence-electron chi connectivity index (χ1n) is 5.04. The summed E-state index contributed by atoms with van der Waals surface area (Å²) in [5.74, 6) is 0. The lowest BCUT2D eigenvalue weighted by atomic mass is 9.70. The Morgan fingerprint density at radius 2 is 1.77 bits per heavy atom. The summed E-state index contributed by atoms with van der Waals surface area (Å²) < 4.78 is 0. The average Bonchev–Trinajstić information content (AvgIpc) is 2.00. The van der Waals surface area contributed by atoms with Crippen molar-refractivity contribution in [1.82, 2.24) is 5.32 Å². The van der Waals surface area contributed by atoms with Gasteiger partial charge in [0.2, 0.25) is 0 Å². The molecular formula is C10H18N2O. The summed E-state index contributed by atoms with van der Waals surface area (Å²) in [6.07, 6.45) is 5.49. The molecule has 3 heteroatoms. The van der Waals surface area contributed by atoms with Crippen LogP contribution in [0.4, 0.5) is 0 Å². The molecule has 0 saturated carbocycles. The first-order chi connectivity index (χ1) is 6.05. The molecule has 0 aliphatic carbocycles. The van der Waals surface area contributed by atoms with Gasteiger partial charge in [-0.05, 0) is 33.1 Å². The molecule has 2 N–H and O–H groups in total. The van der Waals surface area contributed by atoms with Crippen LogP contribution in [0.1, 0.15) is 46.0 Å². The zero-order valence-electron chi connectivity index (χ0n) is 8.43. The van der Waals surface area contributed by atoms with E-state index in [0.717, 1.165) is 18.6 Å². The van der Waals surface area contributed by atoms with E-state index in [1.165, 1.54) is 19.3 Å². The van der Waals surface area contributed by atoms with E-state index >= 15 is 0 Å². The standard InChI is InChI=1S/C10H18N2O/c1-9-4-3-5-10(2,12-9)7-8(6-9)11-13/h12-13H,3-7H2,1-2H3. The third-order valence-electron chi connectivity index (χ3n) is 3.39. The molecule has 2 bridgehead atoms. The Morgan fingerprint density at radius 3 is 2.23 bits per heavy atom. The number of hydrogen-bond donors (Lipinski definition) is 2. The van der Waals surface area contributed by atoms with Crippen LogP contribution in [-0.2, 0) is 0 Å². The van der Waals surface area contributed by atoms with Crippen LogP contribution in [0.5, 0.6) is 0 Å². The summed E-state index contributed by atoms with van der Waals surface area (Å²) in [4.78, 5) is 0. The molecular weight excluding hydrogens is 164 g/mol. The van der Waals surface area contributed by atoms with Crippen molar-refractivity contribution in [2.45, 2.75) is 57.0 Å². The molecule has 2 atom stereocenters. The van der Waals surface area contributed by atoms with Gasteiger partial charge in [0.05, 0.1) is 5.71 Å². The number of piperidine rings is 2. The predicted molar refractivity (Wildman–Crippen MR) is 52.3 cm³/mol. The van der Waals surface area contributed by atoms with E-state index < -0.39 is 0 Å². The van der Waals surface area contributed by atoms with E-state index in [1.807, 2.05) is 0 Å². The van der Waals surface area contributed by atoms with E-state index in [1.54, 1.807) is 0 Å². The van der Waals surface area contributed by atoms with Gasteiger partial charge in [-0.3, -0.25) is 0 Å². The molecule has 3 nitrogen and oxygen atoms in total. The molecule has 0 spiro atoms. The Balaban J connectivity index is 2.25. The van der Waals surface area contributed by atoms with E-state index in [9.17, 15) is 0 Å². The molecule has 0 aromatic carbocycles. The zero-order chi connectivity index (χ0) is 9.53. The van der Waals surface area contributed by atoms with Crippen molar-refractivity contribution >= 4 is 5.71 Å². The first-order valence-corrected chi connectivity index (χ1v) is 5.04. The normalized spacial score (nSPS) is 44.6. The molecule has 13 heavy (non-hydrogen) atoms. The minimum absolute atomic E-state index is 0.173. The Bertz CT molecular complexity index is 231. The van der Waals surface area contributed by atoms with Gasteiger partial charge in [0.25, 0.3) is 0 Å². The summed E-state index contributed by atoms with van der Waals surface area (Å²) in [6.45, 7) is 4.46. The summed E-state index contributed by atoms with van der Waals surface area (Å²) in [6, 6.07) is 0. The van der Waals surface area contributed by atoms with Gasteiger partial charge in [0.1, 0.15) is 0 Å². The van der Waals surface area contributed by atoms with Gasteiger partial charge in [-0.2, -0.15) is 0 Å². The van der Waals surface area contributed by atoms with Gasteiger partial charge in [0, 0.05) is 23.9 Å². The van der Waals surface area contributed by atoms with Crippen LogP contribution in [0, 0.1) is 0 Å².